The van der Waals surface area contributed by atoms with Gasteiger partial charge in [-0.3, -0.25) is 0 Å². The number of methoxy groups -OCH3 is 1. The minimum atomic E-state index is -0.693. The first kappa shape index (κ1) is 13.0. The van der Waals surface area contributed by atoms with Gasteiger partial charge in [0.2, 0.25) is 0 Å². The first-order valence-corrected chi connectivity index (χ1v) is 5.72. The lowest BCUT2D eigenvalue weighted by atomic mass is 9.85. The predicted octanol–water partition coefficient (Wildman–Crippen LogP) is 2.95. The second-order valence-electron chi connectivity index (χ2n) is 5.00. The van der Waals surface area contributed by atoms with Gasteiger partial charge in [-0.1, -0.05) is 31.5 Å². The molecular formula is C14H22O2. The van der Waals surface area contributed by atoms with Crippen molar-refractivity contribution in [3.8, 4) is 5.75 Å². The van der Waals surface area contributed by atoms with Crippen LogP contribution in [-0.2, 0) is 6.42 Å². The first-order chi connectivity index (χ1) is 7.36. The van der Waals surface area contributed by atoms with Gasteiger partial charge in [-0.05, 0) is 31.4 Å². The number of hydrogen-bond acceptors (Lipinski definition) is 2. The van der Waals surface area contributed by atoms with E-state index in [-0.39, 0.29) is 5.92 Å². The number of hydrogen-bond donors (Lipinski definition) is 1. The van der Waals surface area contributed by atoms with Gasteiger partial charge >= 0.3 is 0 Å². The van der Waals surface area contributed by atoms with E-state index in [0.29, 0.717) is 6.42 Å². The highest BCUT2D eigenvalue weighted by molar-refractivity contribution is 5.37. The lowest BCUT2D eigenvalue weighted by molar-refractivity contribution is 0.0135. The largest absolute Gasteiger partial charge is 0.496 e. The van der Waals surface area contributed by atoms with Crippen molar-refractivity contribution >= 4 is 0 Å². The van der Waals surface area contributed by atoms with Crippen molar-refractivity contribution < 1.29 is 9.84 Å². The molecule has 2 heteroatoms. The molecule has 0 saturated heterocycles. The highest BCUT2D eigenvalue weighted by Gasteiger charge is 2.26. The summed E-state index contributed by atoms with van der Waals surface area (Å²) in [4.78, 5) is 0. The maximum Gasteiger partial charge on any atom is 0.122 e. The lowest BCUT2D eigenvalue weighted by Gasteiger charge is -2.28. The van der Waals surface area contributed by atoms with Crippen LogP contribution in [0.4, 0.5) is 0 Å². The van der Waals surface area contributed by atoms with Crippen molar-refractivity contribution in [2.24, 2.45) is 5.92 Å². The molecule has 0 aromatic heterocycles. The van der Waals surface area contributed by atoms with Crippen LogP contribution in [0.15, 0.2) is 18.2 Å². The molecule has 2 nitrogen and oxygen atoms in total. The van der Waals surface area contributed by atoms with Gasteiger partial charge in [-0.15, -0.1) is 0 Å². The highest BCUT2D eigenvalue weighted by Crippen LogP contribution is 2.28. The molecular weight excluding hydrogens is 200 g/mol. The van der Waals surface area contributed by atoms with E-state index >= 15 is 0 Å². The molecule has 0 radical (unpaired) electrons. The Bertz CT molecular complexity index is 354. The van der Waals surface area contributed by atoms with E-state index in [1.54, 1.807) is 7.11 Å². The molecule has 1 rings (SSSR count). The third-order valence-corrected chi connectivity index (χ3v) is 3.23. The number of rotatable bonds is 4. The molecule has 1 unspecified atom stereocenters. The molecule has 0 heterocycles. The van der Waals surface area contributed by atoms with Gasteiger partial charge < -0.3 is 9.84 Å². The third-order valence-electron chi connectivity index (χ3n) is 3.23. The van der Waals surface area contributed by atoms with E-state index in [0.717, 1.165) is 11.3 Å². The van der Waals surface area contributed by atoms with Gasteiger partial charge in [0.1, 0.15) is 5.75 Å². The fraction of sp³-hybridized carbons (Fsp3) is 0.571. The van der Waals surface area contributed by atoms with Crippen LogP contribution in [0.1, 0.15) is 31.9 Å². The predicted molar refractivity (Wildman–Crippen MR) is 66.9 cm³/mol. The molecule has 1 aromatic rings. The summed E-state index contributed by atoms with van der Waals surface area (Å²) in [5.74, 6) is 1.07. The van der Waals surface area contributed by atoms with E-state index in [9.17, 15) is 5.11 Å². The zero-order valence-electron chi connectivity index (χ0n) is 10.9. The second-order valence-corrected chi connectivity index (χ2v) is 5.00. The van der Waals surface area contributed by atoms with Gasteiger partial charge in [-0.2, -0.15) is 0 Å². The maximum absolute atomic E-state index is 10.3. The Labute approximate surface area is 98.3 Å². The Balaban J connectivity index is 2.99. The van der Waals surface area contributed by atoms with Gasteiger partial charge in [-0.25, -0.2) is 0 Å². The molecule has 1 atom stereocenters. The van der Waals surface area contributed by atoms with Crippen LogP contribution in [-0.4, -0.2) is 17.8 Å². The SMILES string of the molecule is COc1ccc(C)cc1CC(C)(O)C(C)C. The van der Waals surface area contributed by atoms with Crippen LogP contribution in [0.25, 0.3) is 0 Å². The number of aliphatic hydroxyl groups is 1. The molecule has 0 aliphatic heterocycles. The Hall–Kier alpha value is -1.02. The normalized spacial score (nSPS) is 14.9. The summed E-state index contributed by atoms with van der Waals surface area (Å²) in [6.45, 7) is 7.98. The molecule has 16 heavy (non-hydrogen) atoms. The summed E-state index contributed by atoms with van der Waals surface area (Å²) in [5, 5.41) is 10.3. The molecule has 90 valence electrons. The van der Waals surface area contributed by atoms with Gasteiger partial charge in [0.25, 0.3) is 0 Å². The van der Waals surface area contributed by atoms with E-state index in [1.165, 1.54) is 5.56 Å². The van der Waals surface area contributed by atoms with E-state index in [1.807, 2.05) is 39.8 Å². The minimum absolute atomic E-state index is 0.220. The van der Waals surface area contributed by atoms with Gasteiger partial charge in [0.05, 0.1) is 12.7 Å². The molecule has 1 N–H and O–H groups in total. The van der Waals surface area contributed by atoms with E-state index in [2.05, 4.69) is 6.07 Å². The first-order valence-electron chi connectivity index (χ1n) is 5.72. The summed E-state index contributed by atoms with van der Waals surface area (Å²) < 4.78 is 5.31. The van der Waals surface area contributed by atoms with Crippen molar-refractivity contribution in [1.29, 1.82) is 0 Å². The van der Waals surface area contributed by atoms with Gasteiger partial charge in [0.15, 0.2) is 0 Å². The lowest BCUT2D eigenvalue weighted by Crippen LogP contribution is -2.33. The second kappa shape index (κ2) is 4.88. The molecule has 0 spiro atoms. The van der Waals surface area contributed by atoms with Crippen molar-refractivity contribution in [1.82, 2.24) is 0 Å². The average Bonchev–Trinajstić information content (AvgIpc) is 2.17. The molecule has 0 fully saturated rings. The van der Waals surface area contributed by atoms with Crippen LogP contribution in [0.3, 0.4) is 0 Å². The zero-order chi connectivity index (χ0) is 12.3. The molecule has 0 amide bonds. The van der Waals surface area contributed by atoms with Crippen LogP contribution < -0.4 is 4.74 Å². The summed E-state index contributed by atoms with van der Waals surface area (Å²) in [6, 6.07) is 6.06. The molecule has 0 aliphatic rings. The quantitative estimate of drug-likeness (QED) is 0.848. The van der Waals surface area contributed by atoms with Crippen molar-refractivity contribution in [3.05, 3.63) is 29.3 Å². The van der Waals surface area contributed by atoms with Gasteiger partial charge in [0, 0.05) is 6.42 Å². The molecule has 0 bridgehead atoms. The molecule has 0 aliphatic carbocycles. The molecule has 1 aromatic carbocycles. The number of aryl methyl sites for hydroxylation is 1. The highest BCUT2D eigenvalue weighted by atomic mass is 16.5. The summed E-state index contributed by atoms with van der Waals surface area (Å²) >= 11 is 0. The summed E-state index contributed by atoms with van der Waals surface area (Å²) in [5.41, 5.74) is 1.57. The summed E-state index contributed by atoms with van der Waals surface area (Å²) in [6.07, 6.45) is 0.621. The standard InChI is InChI=1S/C14H22O2/c1-10(2)14(4,15)9-12-8-11(3)6-7-13(12)16-5/h6-8,10,15H,9H2,1-5H3. The van der Waals surface area contributed by atoms with E-state index < -0.39 is 5.60 Å². The fourth-order valence-corrected chi connectivity index (χ4v) is 1.64. The zero-order valence-corrected chi connectivity index (χ0v) is 10.9. The third kappa shape index (κ3) is 2.99. The average molecular weight is 222 g/mol. The number of benzene rings is 1. The Kier molecular flexibility index (Phi) is 3.98. The van der Waals surface area contributed by atoms with Crippen LogP contribution in [0, 0.1) is 12.8 Å². The van der Waals surface area contributed by atoms with Crippen LogP contribution >= 0.6 is 0 Å². The van der Waals surface area contributed by atoms with Crippen molar-refractivity contribution in [2.45, 2.75) is 39.7 Å². The minimum Gasteiger partial charge on any atom is -0.496 e. The van der Waals surface area contributed by atoms with Crippen molar-refractivity contribution in [2.75, 3.05) is 7.11 Å². The molecule has 0 saturated carbocycles. The maximum atomic E-state index is 10.3. The van der Waals surface area contributed by atoms with Crippen LogP contribution in [0.2, 0.25) is 0 Å². The Morgan fingerprint density at radius 3 is 2.50 bits per heavy atom. The van der Waals surface area contributed by atoms with Crippen LogP contribution in [0.5, 0.6) is 5.75 Å². The summed E-state index contributed by atoms with van der Waals surface area (Å²) in [7, 11) is 1.66. The Morgan fingerprint density at radius 2 is 2.00 bits per heavy atom. The topological polar surface area (TPSA) is 29.5 Å². The Morgan fingerprint density at radius 1 is 1.38 bits per heavy atom. The smallest absolute Gasteiger partial charge is 0.122 e. The van der Waals surface area contributed by atoms with Crippen molar-refractivity contribution in [3.63, 3.8) is 0 Å². The number of ether oxygens (including phenoxy) is 1. The fourth-order valence-electron chi connectivity index (χ4n) is 1.64. The monoisotopic (exact) mass is 222 g/mol. The van der Waals surface area contributed by atoms with E-state index in [4.69, 9.17) is 4.74 Å².